The first-order valence-corrected chi connectivity index (χ1v) is 5.88. The van der Waals surface area contributed by atoms with Crippen LogP contribution in [0.5, 0.6) is 0 Å². The molecular formula is C14H20N2. The third kappa shape index (κ3) is 5.35. The maximum absolute atomic E-state index is 7.68. The quantitative estimate of drug-likeness (QED) is 0.426. The second-order valence-electron chi connectivity index (χ2n) is 3.79. The van der Waals surface area contributed by atoms with E-state index in [-0.39, 0.29) is 0 Å². The molecule has 0 saturated carbocycles. The predicted octanol–water partition coefficient (Wildman–Crippen LogP) is 3.46. The third-order valence-electron chi connectivity index (χ3n) is 2.34. The summed E-state index contributed by atoms with van der Waals surface area (Å²) >= 11 is 0. The Balaban J connectivity index is 2.26. The lowest BCUT2D eigenvalue weighted by atomic mass is 10.2. The number of rotatable bonds is 6. The molecule has 0 aliphatic carbocycles. The number of nitrogens with one attached hydrogen (secondary N) is 2. The fourth-order valence-electron chi connectivity index (χ4n) is 1.40. The summed E-state index contributed by atoms with van der Waals surface area (Å²) in [5, 5.41) is 10.8. The summed E-state index contributed by atoms with van der Waals surface area (Å²) in [5.74, 6) is 0.486. The van der Waals surface area contributed by atoms with Gasteiger partial charge in [-0.25, -0.2) is 0 Å². The molecule has 16 heavy (non-hydrogen) atoms. The van der Waals surface area contributed by atoms with E-state index in [9.17, 15) is 0 Å². The van der Waals surface area contributed by atoms with Gasteiger partial charge in [-0.1, -0.05) is 56.2 Å². The molecule has 0 radical (unpaired) electrons. The predicted molar refractivity (Wildman–Crippen MR) is 70.7 cm³/mol. The molecule has 0 fully saturated rings. The summed E-state index contributed by atoms with van der Waals surface area (Å²) in [6.45, 7) is 3.08. The average molecular weight is 216 g/mol. The molecule has 0 aromatic heterocycles. The van der Waals surface area contributed by atoms with Crippen molar-refractivity contribution in [3.8, 4) is 0 Å². The Morgan fingerprint density at radius 1 is 1.25 bits per heavy atom. The van der Waals surface area contributed by atoms with E-state index in [0.29, 0.717) is 5.84 Å². The highest BCUT2D eigenvalue weighted by Gasteiger charge is 1.90. The minimum Gasteiger partial charge on any atom is -0.371 e. The van der Waals surface area contributed by atoms with E-state index in [0.717, 1.165) is 18.5 Å². The van der Waals surface area contributed by atoms with Crippen LogP contribution in [0.25, 0.3) is 6.08 Å². The zero-order valence-corrected chi connectivity index (χ0v) is 9.87. The lowest BCUT2D eigenvalue weighted by Gasteiger charge is -2.02. The lowest BCUT2D eigenvalue weighted by molar-refractivity contribution is 0.695. The Bertz CT molecular complexity index is 328. The van der Waals surface area contributed by atoms with Gasteiger partial charge in [0.1, 0.15) is 5.84 Å². The van der Waals surface area contributed by atoms with Crippen molar-refractivity contribution < 1.29 is 0 Å². The molecule has 1 rings (SSSR count). The molecule has 0 heterocycles. The summed E-state index contributed by atoms with van der Waals surface area (Å²) in [4.78, 5) is 0. The van der Waals surface area contributed by atoms with E-state index in [2.05, 4.69) is 12.2 Å². The summed E-state index contributed by atoms with van der Waals surface area (Å²) in [6.07, 6.45) is 7.34. The van der Waals surface area contributed by atoms with Gasteiger partial charge in [-0.2, -0.15) is 0 Å². The van der Waals surface area contributed by atoms with Crippen molar-refractivity contribution in [2.75, 3.05) is 6.54 Å². The molecule has 0 aliphatic heterocycles. The van der Waals surface area contributed by atoms with E-state index in [4.69, 9.17) is 5.41 Å². The molecule has 0 saturated heterocycles. The third-order valence-corrected chi connectivity index (χ3v) is 2.34. The first-order chi connectivity index (χ1) is 7.83. The standard InChI is InChI=1S/C14H20N2/c1-2-3-7-12-16-14(15)11-10-13-8-5-4-6-9-13/h4-6,8-11H,2-3,7,12H2,1H3,(H2,15,16)/b11-10+. The van der Waals surface area contributed by atoms with Crippen LogP contribution in [0.15, 0.2) is 36.4 Å². The summed E-state index contributed by atoms with van der Waals surface area (Å²) in [5.41, 5.74) is 1.13. The average Bonchev–Trinajstić information content (AvgIpc) is 2.33. The number of hydrogen-bond donors (Lipinski definition) is 2. The first-order valence-electron chi connectivity index (χ1n) is 5.88. The molecule has 2 nitrogen and oxygen atoms in total. The smallest absolute Gasteiger partial charge is 0.117 e. The first kappa shape index (κ1) is 12.5. The van der Waals surface area contributed by atoms with Crippen LogP contribution in [0.1, 0.15) is 31.7 Å². The summed E-state index contributed by atoms with van der Waals surface area (Å²) in [7, 11) is 0. The van der Waals surface area contributed by atoms with Crippen LogP contribution in [-0.4, -0.2) is 12.4 Å². The molecule has 0 amide bonds. The highest BCUT2D eigenvalue weighted by molar-refractivity contribution is 5.93. The van der Waals surface area contributed by atoms with Gasteiger partial charge in [0.05, 0.1) is 0 Å². The Morgan fingerprint density at radius 3 is 2.69 bits per heavy atom. The maximum atomic E-state index is 7.68. The fourth-order valence-corrected chi connectivity index (χ4v) is 1.40. The molecule has 2 N–H and O–H groups in total. The fraction of sp³-hybridized carbons (Fsp3) is 0.357. The zero-order chi connectivity index (χ0) is 11.6. The van der Waals surface area contributed by atoms with Gasteiger partial charge in [-0.05, 0) is 18.1 Å². The molecule has 1 aromatic rings. The lowest BCUT2D eigenvalue weighted by Crippen LogP contribution is -2.21. The molecule has 0 atom stereocenters. The van der Waals surface area contributed by atoms with Gasteiger partial charge in [0.15, 0.2) is 0 Å². The van der Waals surface area contributed by atoms with Crippen molar-refractivity contribution in [3.63, 3.8) is 0 Å². The minimum absolute atomic E-state index is 0.486. The van der Waals surface area contributed by atoms with Crippen LogP contribution >= 0.6 is 0 Å². The second kappa shape index (κ2) is 7.69. The topological polar surface area (TPSA) is 35.9 Å². The molecule has 0 aliphatic rings. The van der Waals surface area contributed by atoms with Crippen LogP contribution in [0.4, 0.5) is 0 Å². The van der Waals surface area contributed by atoms with Crippen molar-refractivity contribution in [1.29, 1.82) is 5.41 Å². The Kier molecular flexibility index (Phi) is 6.00. The molecule has 86 valence electrons. The van der Waals surface area contributed by atoms with Crippen molar-refractivity contribution in [3.05, 3.63) is 42.0 Å². The van der Waals surface area contributed by atoms with Gasteiger partial charge in [0.25, 0.3) is 0 Å². The van der Waals surface area contributed by atoms with Crippen LogP contribution in [0.3, 0.4) is 0 Å². The van der Waals surface area contributed by atoms with Crippen LogP contribution in [0.2, 0.25) is 0 Å². The maximum Gasteiger partial charge on any atom is 0.117 e. The van der Waals surface area contributed by atoms with E-state index in [1.807, 2.05) is 36.4 Å². The summed E-state index contributed by atoms with van der Waals surface area (Å²) in [6, 6.07) is 10.0. The highest BCUT2D eigenvalue weighted by atomic mass is 14.9. The van der Waals surface area contributed by atoms with Crippen LogP contribution in [0, 0.1) is 5.41 Å². The van der Waals surface area contributed by atoms with Crippen LogP contribution < -0.4 is 5.32 Å². The zero-order valence-electron chi connectivity index (χ0n) is 9.87. The Hall–Kier alpha value is -1.57. The number of amidine groups is 1. The van der Waals surface area contributed by atoms with Crippen molar-refractivity contribution in [2.24, 2.45) is 0 Å². The van der Waals surface area contributed by atoms with Gasteiger partial charge in [-0.3, -0.25) is 5.41 Å². The van der Waals surface area contributed by atoms with Gasteiger partial charge in [0.2, 0.25) is 0 Å². The van der Waals surface area contributed by atoms with E-state index >= 15 is 0 Å². The number of benzene rings is 1. The minimum atomic E-state index is 0.486. The van der Waals surface area contributed by atoms with E-state index in [1.165, 1.54) is 12.8 Å². The van der Waals surface area contributed by atoms with Crippen molar-refractivity contribution in [1.82, 2.24) is 5.32 Å². The molecule has 2 heteroatoms. The van der Waals surface area contributed by atoms with E-state index < -0.39 is 0 Å². The van der Waals surface area contributed by atoms with Gasteiger partial charge in [-0.15, -0.1) is 0 Å². The molecule has 0 unspecified atom stereocenters. The number of hydrogen-bond acceptors (Lipinski definition) is 1. The highest BCUT2D eigenvalue weighted by Crippen LogP contribution is 2.00. The SMILES string of the molecule is CCCCCNC(=N)/C=C/c1ccccc1. The van der Waals surface area contributed by atoms with E-state index in [1.54, 1.807) is 6.08 Å². The Labute approximate surface area is 97.9 Å². The van der Waals surface area contributed by atoms with Gasteiger partial charge >= 0.3 is 0 Å². The molecule has 0 spiro atoms. The van der Waals surface area contributed by atoms with Crippen molar-refractivity contribution >= 4 is 11.9 Å². The summed E-state index contributed by atoms with van der Waals surface area (Å²) < 4.78 is 0. The van der Waals surface area contributed by atoms with Gasteiger partial charge < -0.3 is 5.32 Å². The van der Waals surface area contributed by atoms with Crippen LogP contribution in [-0.2, 0) is 0 Å². The number of unbranched alkanes of at least 4 members (excludes halogenated alkanes) is 2. The molecule has 0 bridgehead atoms. The molecule has 1 aromatic carbocycles. The van der Waals surface area contributed by atoms with Crippen molar-refractivity contribution in [2.45, 2.75) is 26.2 Å². The second-order valence-corrected chi connectivity index (χ2v) is 3.79. The van der Waals surface area contributed by atoms with Gasteiger partial charge in [0, 0.05) is 6.54 Å². The normalized spacial score (nSPS) is 10.6. The molecular weight excluding hydrogens is 196 g/mol. The monoisotopic (exact) mass is 216 g/mol. The Morgan fingerprint density at radius 2 is 2.00 bits per heavy atom. The largest absolute Gasteiger partial charge is 0.371 e.